The summed E-state index contributed by atoms with van der Waals surface area (Å²) in [6.07, 6.45) is 2.82. The molecule has 0 saturated heterocycles. The van der Waals surface area contributed by atoms with Crippen molar-refractivity contribution in [1.82, 2.24) is 5.32 Å². The summed E-state index contributed by atoms with van der Waals surface area (Å²) in [4.78, 5) is 11.5. The molecule has 0 radical (unpaired) electrons. The van der Waals surface area contributed by atoms with Gasteiger partial charge in [-0.1, -0.05) is 0 Å². The van der Waals surface area contributed by atoms with Gasteiger partial charge in [0.2, 0.25) is 0 Å². The highest BCUT2D eigenvalue weighted by molar-refractivity contribution is 7.07. The summed E-state index contributed by atoms with van der Waals surface area (Å²) < 4.78 is 4.81. The highest BCUT2D eigenvalue weighted by atomic mass is 32.1. The number of amides is 1. The largest absolute Gasteiger partial charge is 0.472 e. The molecular formula is C12H13NO3S. The molecule has 4 nitrogen and oxygen atoms in total. The van der Waals surface area contributed by atoms with Crippen LogP contribution in [-0.4, -0.2) is 17.6 Å². The van der Waals surface area contributed by atoms with Gasteiger partial charge in [0.25, 0.3) is 5.91 Å². The third-order valence-corrected chi connectivity index (χ3v) is 3.12. The summed E-state index contributed by atoms with van der Waals surface area (Å²) in [5.74, 6) is -0.184. The maximum atomic E-state index is 11.5. The number of carbonyl (C=O) groups excluding carboxylic acids is 1. The molecule has 2 aromatic rings. The van der Waals surface area contributed by atoms with Crippen LogP contribution in [0.5, 0.6) is 0 Å². The zero-order chi connectivity index (χ0) is 12.1. The number of hydrogen-bond donors (Lipinski definition) is 2. The Morgan fingerprint density at radius 1 is 1.53 bits per heavy atom. The van der Waals surface area contributed by atoms with Gasteiger partial charge in [-0.15, -0.1) is 0 Å². The van der Waals surface area contributed by atoms with Gasteiger partial charge >= 0.3 is 0 Å². The van der Waals surface area contributed by atoms with E-state index in [4.69, 9.17) is 4.42 Å². The molecule has 2 N–H and O–H groups in total. The van der Waals surface area contributed by atoms with Crippen LogP contribution in [0, 0.1) is 0 Å². The molecule has 0 fully saturated rings. The number of rotatable bonds is 5. The Bertz CT molecular complexity index is 450. The number of nitrogens with one attached hydrogen (secondary N) is 1. The lowest BCUT2D eigenvalue weighted by Gasteiger charge is -2.09. The van der Waals surface area contributed by atoms with Gasteiger partial charge in [-0.25, -0.2) is 0 Å². The van der Waals surface area contributed by atoms with Gasteiger partial charge in [0.05, 0.1) is 17.9 Å². The van der Waals surface area contributed by atoms with Crippen molar-refractivity contribution in [2.75, 3.05) is 6.54 Å². The lowest BCUT2D eigenvalue weighted by Crippen LogP contribution is -2.25. The molecule has 1 amide bonds. The summed E-state index contributed by atoms with van der Waals surface area (Å²) in [6, 6.07) is 3.48. The molecule has 0 saturated carbocycles. The van der Waals surface area contributed by atoms with Gasteiger partial charge in [0.1, 0.15) is 6.26 Å². The zero-order valence-electron chi connectivity index (χ0n) is 9.13. The molecule has 0 aliphatic rings. The van der Waals surface area contributed by atoms with E-state index in [1.165, 1.54) is 12.5 Å². The maximum Gasteiger partial charge on any atom is 0.254 e. The average molecular weight is 251 g/mol. The van der Waals surface area contributed by atoms with Gasteiger partial charge in [-0.2, -0.15) is 11.3 Å². The first-order valence-corrected chi connectivity index (χ1v) is 6.22. The van der Waals surface area contributed by atoms with Gasteiger partial charge < -0.3 is 14.8 Å². The Kier molecular flexibility index (Phi) is 3.95. The lowest BCUT2D eigenvalue weighted by molar-refractivity contribution is 0.0942. The zero-order valence-corrected chi connectivity index (χ0v) is 9.94. The normalized spacial score (nSPS) is 12.3. The summed E-state index contributed by atoms with van der Waals surface area (Å²) in [5, 5.41) is 16.3. The van der Waals surface area contributed by atoms with E-state index in [2.05, 4.69) is 5.32 Å². The van der Waals surface area contributed by atoms with Crippen LogP contribution in [0.1, 0.15) is 28.4 Å². The van der Waals surface area contributed by atoms with E-state index in [0.717, 1.165) is 5.56 Å². The molecule has 0 aromatic carbocycles. The van der Waals surface area contributed by atoms with E-state index < -0.39 is 6.10 Å². The SMILES string of the molecule is O=C(NCCC(O)c1ccsc1)c1ccoc1. The first kappa shape index (κ1) is 11.9. The maximum absolute atomic E-state index is 11.5. The molecule has 90 valence electrons. The van der Waals surface area contributed by atoms with Crippen LogP contribution in [0.25, 0.3) is 0 Å². The van der Waals surface area contributed by atoms with E-state index in [1.54, 1.807) is 17.4 Å². The number of thiophene rings is 1. The number of aliphatic hydroxyl groups is 1. The van der Waals surface area contributed by atoms with Crippen molar-refractivity contribution >= 4 is 17.2 Å². The van der Waals surface area contributed by atoms with Crippen LogP contribution in [-0.2, 0) is 0 Å². The van der Waals surface area contributed by atoms with Crippen molar-refractivity contribution in [3.63, 3.8) is 0 Å². The second-order valence-corrected chi connectivity index (χ2v) is 4.41. The summed E-state index contributed by atoms with van der Waals surface area (Å²) in [6.45, 7) is 0.432. The van der Waals surface area contributed by atoms with Crippen LogP contribution in [0.15, 0.2) is 39.8 Å². The fraction of sp³-hybridized carbons (Fsp3) is 0.250. The van der Waals surface area contributed by atoms with Gasteiger partial charge in [0.15, 0.2) is 0 Å². The van der Waals surface area contributed by atoms with Crippen molar-refractivity contribution in [3.8, 4) is 0 Å². The molecule has 0 aliphatic carbocycles. The standard InChI is InChI=1S/C12H13NO3S/c14-11(10-3-6-17-8-10)1-4-13-12(15)9-2-5-16-7-9/h2-3,5-8,11,14H,1,4H2,(H,13,15). The van der Waals surface area contributed by atoms with Crippen molar-refractivity contribution < 1.29 is 14.3 Å². The molecule has 1 atom stereocenters. The third kappa shape index (κ3) is 3.18. The van der Waals surface area contributed by atoms with Crippen LogP contribution in [0.4, 0.5) is 0 Å². The van der Waals surface area contributed by atoms with Crippen LogP contribution in [0.3, 0.4) is 0 Å². The van der Waals surface area contributed by atoms with Crippen molar-refractivity contribution in [2.24, 2.45) is 0 Å². The van der Waals surface area contributed by atoms with E-state index in [1.807, 2.05) is 16.8 Å². The minimum atomic E-state index is -0.522. The first-order valence-electron chi connectivity index (χ1n) is 5.28. The Balaban J connectivity index is 1.75. The average Bonchev–Trinajstić information content (AvgIpc) is 3.02. The highest BCUT2D eigenvalue weighted by Gasteiger charge is 2.10. The fourth-order valence-electron chi connectivity index (χ4n) is 1.45. The predicted molar refractivity (Wildman–Crippen MR) is 64.9 cm³/mol. The van der Waals surface area contributed by atoms with Gasteiger partial charge in [-0.05, 0) is 34.9 Å². The lowest BCUT2D eigenvalue weighted by atomic mass is 10.1. The molecule has 2 aromatic heterocycles. The highest BCUT2D eigenvalue weighted by Crippen LogP contribution is 2.18. The summed E-state index contributed by atoms with van der Waals surface area (Å²) >= 11 is 1.55. The Hall–Kier alpha value is -1.59. The summed E-state index contributed by atoms with van der Waals surface area (Å²) in [7, 11) is 0. The first-order chi connectivity index (χ1) is 8.27. The van der Waals surface area contributed by atoms with Gasteiger partial charge in [-0.3, -0.25) is 4.79 Å². The molecular weight excluding hydrogens is 238 g/mol. The van der Waals surface area contributed by atoms with Crippen molar-refractivity contribution in [1.29, 1.82) is 0 Å². The molecule has 5 heteroatoms. The van der Waals surface area contributed by atoms with E-state index in [9.17, 15) is 9.90 Å². The number of aliphatic hydroxyl groups excluding tert-OH is 1. The van der Waals surface area contributed by atoms with Gasteiger partial charge in [0, 0.05) is 6.54 Å². The number of furan rings is 1. The third-order valence-electron chi connectivity index (χ3n) is 2.41. The van der Waals surface area contributed by atoms with Crippen LogP contribution < -0.4 is 5.32 Å². The second kappa shape index (κ2) is 5.65. The Morgan fingerprint density at radius 2 is 2.41 bits per heavy atom. The molecule has 2 heterocycles. The molecule has 0 bridgehead atoms. The van der Waals surface area contributed by atoms with Crippen molar-refractivity contribution in [3.05, 3.63) is 46.5 Å². The van der Waals surface area contributed by atoms with Crippen LogP contribution in [0.2, 0.25) is 0 Å². The monoisotopic (exact) mass is 251 g/mol. The van der Waals surface area contributed by atoms with E-state index >= 15 is 0 Å². The minimum Gasteiger partial charge on any atom is -0.472 e. The van der Waals surface area contributed by atoms with Crippen molar-refractivity contribution in [2.45, 2.75) is 12.5 Å². The Morgan fingerprint density at radius 3 is 3.06 bits per heavy atom. The van der Waals surface area contributed by atoms with E-state index in [0.29, 0.717) is 18.5 Å². The molecule has 0 spiro atoms. The fourth-order valence-corrected chi connectivity index (χ4v) is 2.16. The number of carbonyl (C=O) groups is 1. The van der Waals surface area contributed by atoms with E-state index in [-0.39, 0.29) is 5.91 Å². The Labute approximate surface area is 103 Å². The van der Waals surface area contributed by atoms with Crippen LogP contribution >= 0.6 is 11.3 Å². The molecule has 1 unspecified atom stereocenters. The quantitative estimate of drug-likeness (QED) is 0.856. The summed E-state index contributed by atoms with van der Waals surface area (Å²) in [5.41, 5.74) is 1.39. The minimum absolute atomic E-state index is 0.184. The second-order valence-electron chi connectivity index (χ2n) is 3.63. The smallest absolute Gasteiger partial charge is 0.254 e. The molecule has 17 heavy (non-hydrogen) atoms. The predicted octanol–water partition coefficient (Wildman–Crippen LogP) is 2.19. The topological polar surface area (TPSA) is 62.5 Å². The molecule has 2 rings (SSSR count). The molecule has 0 aliphatic heterocycles. The number of hydrogen-bond acceptors (Lipinski definition) is 4.